The van der Waals surface area contributed by atoms with E-state index in [-0.39, 0.29) is 54.5 Å². The maximum atomic E-state index is 13.7. The fourth-order valence-corrected chi connectivity index (χ4v) is 8.21. The van der Waals surface area contributed by atoms with Crippen LogP contribution in [0.15, 0.2) is 71.6 Å². The van der Waals surface area contributed by atoms with Gasteiger partial charge in [-0.25, -0.2) is 17.8 Å². The maximum absolute atomic E-state index is 13.7. The number of aromatic nitrogens is 2. The molecule has 3 aromatic carbocycles. The predicted octanol–water partition coefficient (Wildman–Crippen LogP) is 8.72. The van der Waals surface area contributed by atoms with Crippen LogP contribution < -0.4 is 9.46 Å². The molecule has 0 unspecified atom stereocenters. The minimum absolute atomic E-state index is 0.125. The van der Waals surface area contributed by atoms with Gasteiger partial charge in [-0.15, -0.1) is 0 Å². The average Bonchev–Trinajstić information content (AvgIpc) is 3.66. The minimum atomic E-state index is -4.73. The van der Waals surface area contributed by atoms with E-state index in [1.807, 2.05) is 26.8 Å². The third-order valence-corrected chi connectivity index (χ3v) is 11.6. The average molecular weight is 928 g/mol. The standard InChI is InChI=1S/C47H56F3N3O11S/c1-30-16-18-35(19-17-30)39-26-41(47(48,49)50)51-53(39)36-20-22-38(23-21-36)65(59,60)52-42(56)27-46(6,7)45-32(3)24-31(2)25-40(45)64-44(58)15-13-11-9-8-10-12-14-43(57)63-37(28-61-33(4)54)29-62-34(5)55/h16-26,37H,8-15,27-29H2,1-7H3,(H,52,56). The zero-order valence-corrected chi connectivity index (χ0v) is 38.5. The minimum Gasteiger partial charge on any atom is -0.462 e. The molecule has 0 spiro atoms. The summed E-state index contributed by atoms with van der Waals surface area (Å²) in [4.78, 5) is 60.7. The Kier molecular flexibility index (Phi) is 18.0. The van der Waals surface area contributed by atoms with E-state index < -0.39 is 63.2 Å². The maximum Gasteiger partial charge on any atom is 0.435 e. The molecule has 0 bridgehead atoms. The van der Waals surface area contributed by atoms with E-state index in [0.29, 0.717) is 24.0 Å². The highest BCUT2D eigenvalue weighted by Gasteiger charge is 2.36. The van der Waals surface area contributed by atoms with Crippen LogP contribution in [0.25, 0.3) is 16.9 Å². The predicted molar refractivity (Wildman–Crippen MR) is 233 cm³/mol. The van der Waals surface area contributed by atoms with Crippen molar-refractivity contribution in [1.29, 1.82) is 0 Å². The molecule has 1 N–H and O–H groups in total. The summed E-state index contributed by atoms with van der Waals surface area (Å²) in [6.07, 6.45) is -1.52. The number of hydrogen-bond acceptors (Lipinski definition) is 12. The van der Waals surface area contributed by atoms with Crippen LogP contribution in [0.4, 0.5) is 13.2 Å². The van der Waals surface area contributed by atoms with Crippen LogP contribution in [0.5, 0.6) is 5.75 Å². The van der Waals surface area contributed by atoms with Crippen molar-refractivity contribution in [1.82, 2.24) is 14.5 Å². The topological polar surface area (TPSA) is 186 Å². The first-order chi connectivity index (χ1) is 30.4. The molecule has 1 amide bonds. The van der Waals surface area contributed by atoms with Crippen molar-refractivity contribution >= 4 is 39.8 Å². The van der Waals surface area contributed by atoms with Gasteiger partial charge in [0.15, 0.2) is 11.8 Å². The Morgan fingerprint density at radius 1 is 0.738 bits per heavy atom. The molecular formula is C47H56F3N3O11S. The first kappa shape index (κ1) is 51.6. The summed E-state index contributed by atoms with van der Waals surface area (Å²) < 4.78 is 92.0. The number of hydrogen-bond donors (Lipinski definition) is 1. The van der Waals surface area contributed by atoms with E-state index in [9.17, 15) is 45.6 Å². The summed E-state index contributed by atoms with van der Waals surface area (Å²) in [6.45, 7) is 10.9. The van der Waals surface area contributed by atoms with E-state index in [0.717, 1.165) is 53.1 Å². The molecule has 4 rings (SSSR count). The molecule has 0 radical (unpaired) electrons. The van der Waals surface area contributed by atoms with Crippen LogP contribution in [0.1, 0.15) is 113 Å². The molecule has 0 aliphatic rings. The van der Waals surface area contributed by atoms with E-state index in [1.165, 1.54) is 38.1 Å². The van der Waals surface area contributed by atoms with Gasteiger partial charge in [0.05, 0.1) is 16.3 Å². The molecule has 1 aromatic heterocycles. The molecule has 0 saturated carbocycles. The van der Waals surface area contributed by atoms with Gasteiger partial charge >= 0.3 is 30.1 Å². The highest BCUT2D eigenvalue weighted by atomic mass is 32.2. The number of amides is 1. The van der Waals surface area contributed by atoms with E-state index in [2.05, 4.69) is 9.82 Å². The lowest BCUT2D eigenvalue weighted by Crippen LogP contribution is -2.35. The Morgan fingerprint density at radius 3 is 1.85 bits per heavy atom. The lowest BCUT2D eigenvalue weighted by Gasteiger charge is -2.29. The summed E-state index contributed by atoms with van der Waals surface area (Å²) in [5.41, 5.74) is 1.65. The summed E-state index contributed by atoms with van der Waals surface area (Å²) in [7, 11) is -4.42. The molecule has 0 aliphatic carbocycles. The second-order valence-corrected chi connectivity index (χ2v) is 18.2. The number of benzene rings is 3. The molecule has 18 heteroatoms. The van der Waals surface area contributed by atoms with Gasteiger partial charge in [-0.3, -0.25) is 24.0 Å². The van der Waals surface area contributed by atoms with Crippen molar-refractivity contribution in [2.24, 2.45) is 0 Å². The van der Waals surface area contributed by atoms with Crippen molar-refractivity contribution in [3.8, 4) is 22.7 Å². The number of nitrogens with zero attached hydrogens (tertiary/aromatic N) is 2. The van der Waals surface area contributed by atoms with E-state index in [4.69, 9.17) is 18.9 Å². The van der Waals surface area contributed by atoms with Crippen LogP contribution in [-0.2, 0) is 59.8 Å². The number of carbonyl (C=O) groups is 5. The fraction of sp³-hybridized carbons (Fsp3) is 0.447. The number of unbranched alkanes of at least 4 members (excludes halogenated alkanes) is 5. The highest BCUT2D eigenvalue weighted by molar-refractivity contribution is 7.90. The molecule has 65 heavy (non-hydrogen) atoms. The van der Waals surface area contributed by atoms with Gasteiger partial charge in [-0.2, -0.15) is 18.3 Å². The molecule has 4 aromatic rings. The monoisotopic (exact) mass is 927 g/mol. The third-order valence-electron chi connectivity index (χ3n) is 10.2. The zero-order chi connectivity index (χ0) is 48.1. The molecule has 1 heterocycles. The van der Waals surface area contributed by atoms with Crippen LogP contribution in [0, 0.1) is 20.8 Å². The van der Waals surface area contributed by atoms with Crippen molar-refractivity contribution in [3.63, 3.8) is 0 Å². The number of ether oxygens (including phenoxy) is 4. The number of sulfonamides is 1. The van der Waals surface area contributed by atoms with Gasteiger partial charge in [-0.1, -0.05) is 75.4 Å². The number of aryl methyl sites for hydroxylation is 3. The van der Waals surface area contributed by atoms with Gasteiger partial charge in [0, 0.05) is 49.7 Å². The van der Waals surface area contributed by atoms with Crippen LogP contribution in [0.3, 0.4) is 0 Å². The Balaban J connectivity index is 1.30. The van der Waals surface area contributed by atoms with E-state index in [1.54, 1.807) is 44.2 Å². The Bertz CT molecular complexity index is 2410. The molecule has 0 atom stereocenters. The highest BCUT2D eigenvalue weighted by Crippen LogP contribution is 2.39. The van der Waals surface area contributed by atoms with Gasteiger partial charge in [0.2, 0.25) is 5.91 Å². The summed E-state index contributed by atoms with van der Waals surface area (Å²) in [5.74, 6) is -2.66. The lowest BCUT2D eigenvalue weighted by molar-refractivity contribution is -0.165. The summed E-state index contributed by atoms with van der Waals surface area (Å²) in [5, 5.41) is 3.76. The van der Waals surface area contributed by atoms with Gasteiger partial charge in [0.1, 0.15) is 19.0 Å². The molecule has 352 valence electrons. The summed E-state index contributed by atoms with van der Waals surface area (Å²) in [6, 6.07) is 16.3. The molecule has 0 aliphatic heterocycles. The first-order valence-corrected chi connectivity index (χ1v) is 22.6. The van der Waals surface area contributed by atoms with Crippen LogP contribution >= 0.6 is 0 Å². The second-order valence-electron chi connectivity index (χ2n) is 16.5. The normalized spacial score (nSPS) is 11.9. The first-order valence-electron chi connectivity index (χ1n) is 21.1. The molecule has 14 nitrogen and oxygen atoms in total. The molecule has 0 fully saturated rings. The summed E-state index contributed by atoms with van der Waals surface area (Å²) >= 11 is 0. The number of esters is 4. The van der Waals surface area contributed by atoms with Crippen LogP contribution in [0.2, 0.25) is 0 Å². The van der Waals surface area contributed by atoms with Crippen molar-refractivity contribution in [3.05, 3.63) is 94.7 Å². The molecular weight excluding hydrogens is 872 g/mol. The number of nitrogens with one attached hydrogen (secondary N) is 1. The second kappa shape index (κ2) is 22.7. The van der Waals surface area contributed by atoms with Gasteiger partial charge < -0.3 is 18.9 Å². The Labute approximate surface area is 377 Å². The quantitative estimate of drug-likeness (QED) is 0.0343. The third kappa shape index (κ3) is 15.9. The number of rotatable bonds is 22. The van der Waals surface area contributed by atoms with Gasteiger partial charge in [0.25, 0.3) is 10.0 Å². The smallest absolute Gasteiger partial charge is 0.435 e. The van der Waals surface area contributed by atoms with Crippen molar-refractivity contribution in [2.75, 3.05) is 13.2 Å². The number of alkyl halides is 3. The Morgan fingerprint density at radius 2 is 1.29 bits per heavy atom. The van der Waals surface area contributed by atoms with Crippen molar-refractivity contribution in [2.45, 2.75) is 129 Å². The number of halogens is 3. The van der Waals surface area contributed by atoms with E-state index >= 15 is 0 Å². The van der Waals surface area contributed by atoms with Gasteiger partial charge in [-0.05, 0) is 81.1 Å². The molecule has 0 saturated heterocycles. The zero-order valence-electron chi connectivity index (χ0n) is 37.6. The lowest BCUT2D eigenvalue weighted by atomic mass is 9.78. The largest absolute Gasteiger partial charge is 0.462 e. The van der Waals surface area contributed by atoms with Crippen LogP contribution in [-0.4, -0.2) is 67.3 Å². The fourth-order valence-electron chi connectivity index (χ4n) is 7.22. The van der Waals surface area contributed by atoms with Crippen molar-refractivity contribution < 1.29 is 64.5 Å². The SMILES string of the molecule is CC(=O)OCC(COC(C)=O)OC(=O)CCCCCCCCC(=O)Oc1cc(C)cc(C)c1C(C)(C)CC(=O)NS(=O)(=O)c1ccc(-n2nc(C(F)(F)F)cc2-c2ccc(C)cc2)cc1. The Hall–Kier alpha value is -6.04. The number of carbonyl (C=O) groups excluding carboxylic acids is 5.